The Labute approximate surface area is 216 Å². The van der Waals surface area contributed by atoms with Crippen LogP contribution in [-0.2, 0) is 14.3 Å². The summed E-state index contributed by atoms with van der Waals surface area (Å²) in [6, 6.07) is 0. The first-order valence-electron chi connectivity index (χ1n) is 8.75. The lowest BCUT2D eigenvalue weighted by molar-refractivity contribution is -0.115. The van der Waals surface area contributed by atoms with Crippen LogP contribution in [0.2, 0.25) is 0 Å². The van der Waals surface area contributed by atoms with Gasteiger partial charge < -0.3 is 26.0 Å². The summed E-state index contributed by atoms with van der Waals surface area (Å²) in [6.45, 7) is 8.35. The molecular weight excluding hydrogens is 733 g/mol. The summed E-state index contributed by atoms with van der Waals surface area (Å²) in [5.41, 5.74) is 0.609. The molecule has 0 radical (unpaired) electrons. The third-order valence-electron chi connectivity index (χ3n) is 3.22. The molecular formula is C18H23I3N4O5. The van der Waals surface area contributed by atoms with Crippen LogP contribution >= 0.6 is 67.8 Å². The van der Waals surface area contributed by atoms with Gasteiger partial charge in [-0.05, 0) is 88.5 Å². The zero-order chi connectivity index (χ0) is 23.2. The number of ether oxygens (including phenoxy) is 1. The first kappa shape index (κ1) is 27.1. The minimum atomic E-state index is -0.610. The Hall–Kier alpha value is -0.910. The number of carbonyl (C=O) groups excluding carboxylic acids is 4. The van der Waals surface area contributed by atoms with Crippen molar-refractivity contribution in [2.75, 3.05) is 23.7 Å². The summed E-state index contributed by atoms with van der Waals surface area (Å²) in [7, 11) is 0. The van der Waals surface area contributed by atoms with Crippen LogP contribution in [0.25, 0.3) is 0 Å². The molecule has 0 aliphatic carbocycles. The van der Waals surface area contributed by atoms with Crippen LogP contribution in [-0.4, -0.2) is 42.5 Å². The van der Waals surface area contributed by atoms with E-state index in [1.54, 1.807) is 20.8 Å². The van der Waals surface area contributed by atoms with E-state index in [2.05, 4.69) is 21.3 Å². The number of benzene rings is 1. The van der Waals surface area contributed by atoms with Gasteiger partial charge in [0.1, 0.15) is 5.60 Å². The molecule has 166 valence electrons. The molecule has 0 heterocycles. The van der Waals surface area contributed by atoms with E-state index >= 15 is 0 Å². The molecule has 0 fully saturated rings. The van der Waals surface area contributed by atoms with Crippen molar-refractivity contribution in [3.05, 3.63) is 16.3 Å². The highest BCUT2D eigenvalue weighted by Gasteiger charge is 2.25. The maximum atomic E-state index is 12.9. The third-order valence-corrected chi connectivity index (χ3v) is 6.46. The molecule has 1 aromatic carbocycles. The quantitative estimate of drug-likeness (QED) is 0.261. The van der Waals surface area contributed by atoms with E-state index in [1.807, 2.05) is 67.8 Å². The molecule has 0 aromatic heterocycles. The zero-order valence-electron chi connectivity index (χ0n) is 17.1. The fraction of sp³-hybridized carbons (Fsp3) is 0.444. The second-order valence-electron chi connectivity index (χ2n) is 7.11. The maximum Gasteiger partial charge on any atom is 0.407 e. The van der Waals surface area contributed by atoms with E-state index in [9.17, 15) is 19.2 Å². The fourth-order valence-electron chi connectivity index (χ4n) is 2.18. The minimum Gasteiger partial charge on any atom is -0.444 e. The number of carbonyl (C=O) groups is 4. The molecule has 0 aliphatic heterocycles. The molecule has 9 nitrogen and oxygen atoms in total. The molecule has 1 rings (SSSR count). The van der Waals surface area contributed by atoms with Crippen LogP contribution in [0.4, 0.5) is 16.2 Å². The lowest BCUT2D eigenvalue weighted by atomic mass is 10.1. The molecule has 0 unspecified atom stereocenters. The van der Waals surface area contributed by atoms with Crippen LogP contribution in [0.3, 0.4) is 0 Å². The van der Waals surface area contributed by atoms with Crippen molar-refractivity contribution in [1.82, 2.24) is 10.6 Å². The highest BCUT2D eigenvalue weighted by Crippen LogP contribution is 2.38. The highest BCUT2D eigenvalue weighted by molar-refractivity contribution is 14.1. The van der Waals surface area contributed by atoms with Crippen molar-refractivity contribution in [2.24, 2.45) is 0 Å². The maximum absolute atomic E-state index is 12.9. The standard InChI is InChI=1S/C18H23I3N4O5/c1-8(26)24-14-11(19)10(12(20)15(13(14)21)25-9(2)27)16(28)22-6-7-23-17(29)30-18(3,4)5/h6-7H2,1-5H3,(H,22,28)(H,23,29)(H,24,26)(H,25,27). The fourth-order valence-corrected chi connectivity index (χ4v) is 6.37. The van der Waals surface area contributed by atoms with E-state index in [0.717, 1.165) is 0 Å². The average molecular weight is 756 g/mol. The molecule has 4 amide bonds. The smallest absolute Gasteiger partial charge is 0.407 e. The molecule has 1 aromatic rings. The molecule has 30 heavy (non-hydrogen) atoms. The van der Waals surface area contributed by atoms with Gasteiger partial charge in [-0.3, -0.25) is 14.4 Å². The molecule has 0 bridgehead atoms. The van der Waals surface area contributed by atoms with Gasteiger partial charge >= 0.3 is 6.09 Å². The van der Waals surface area contributed by atoms with Crippen LogP contribution in [0.1, 0.15) is 45.0 Å². The first-order chi connectivity index (χ1) is 13.7. The molecule has 4 N–H and O–H groups in total. The number of hydrogen-bond acceptors (Lipinski definition) is 5. The van der Waals surface area contributed by atoms with Crippen molar-refractivity contribution in [3.8, 4) is 0 Å². The SMILES string of the molecule is CC(=O)Nc1c(I)c(NC(C)=O)c(I)c(C(=O)NCCNC(=O)OC(C)(C)C)c1I. The highest BCUT2D eigenvalue weighted by atomic mass is 127. The number of amides is 4. The van der Waals surface area contributed by atoms with Crippen LogP contribution in [0.5, 0.6) is 0 Å². The van der Waals surface area contributed by atoms with Gasteiger partial charge in [-0.25, -0.2) is 4.79 Å². The molecule has 0 saturated heterocycles. The summed E-state index contributed by atoms with van der Waals surface area (Å²) in [6.07, 6.45) is -0.573. The van der Waals surface area contributed by atoms with Crippen LogP contribution < -0.4 is 21.3 Å². The van der Waals surface area contributed by atoms with Crippen molar-refractivity contribution in [3.63, 3.8) is 0 Å². The van der Waals surface area contributed by atoms with Gasteiger partial charge in [0.05, 0.1) is 27.6 Å². The Balaban J connectivity index is 3.06. The van der Waals surface area contributed by atoms with E-state index in [4.69, 9.17) is 4.74 Å². The van der Waals surface area contributed by atoms with Gasteiger partial charge in [0.15, 0.2) is 0 Å². The Bertz CT molecular complexity index is 825. The summed E-state index contributed by atoms with van der Waals surface area (Å²) >= 11 is 6.00. The number of hydrogen-bond donors (Lipinski definition) is 4. The van der Waals surface area contributed by atoms with Gasteiger partial charge in [-0.1, -0.05) is 0 Å². The van der Waals surface area contributed by atoms with E-state index in [0.29, 0.717) is 27.6 Å². The number of nitrogens with one attached hydrogen (secondary N) is 4. The number of halogens is 3. The lowest BCUT2D eigenvalue weighted by Gasteiger charge is -2.20. The number of anilines is 2. The summed E-state index contributed by atoms with van der Waals surface area (Å²) in [4.78, 5) is 47.8. The molecule has 0 spiro atoms. The van der Waals surface area contributed by atoms with Gasteiger partial charge in [0, 0.05) is 26.9 Å². The second-order valence-corrected chi connectivity index (χ2v) is 10.4. The molecule has 0 atom stereocenters. The van der Waals surface area contributed by atoms with Crippen molar-refractivity contribution >= 4 is 103 Å². The second kappa shape index (κ2) is 11.6. The van der Waals surface area contributed by atoms with Gasteiger partial charge in [0.25, 0.3) is 5.91 Å². The largest absolute Gasteiger partial charge is 0.444 e. The van der Waals surface area contributed by atoms with Crippen molar-refractivity contribution in [2.45, 2.75) is 40.2 Å². The van der Waals surface area contributed by atoms with Gasteiger partial charge in [-0.15, -0.1) is 0 Å². The summed E-state index contributed by atoms with van der Waals surface area (Å²) < 4.78 is 6.85. The zero-order valence-corrected chi connectivity index (χ0v) is 23.6. The molecule has 0 saturated carbocycles. The predicted octanol–water partition coefficient (Wildman–Crippen LogP) is 3.67. The summed E-state index contributed by atoms with van der Waals surface area (Å²) in [5.74, 6) is -0.994. The van der Waals surface area contributed by atoms with Crippen LogP contribution in [0.15, 0.2) is 0 Å². The van der Waals surface area contributed by atoms with Crippen molar-refractivity contribution < 1.29 is 23.9 Å². The Kier molecular flexibility index (Phi) is 10.5. The summed E-state index contributed by atoms with van der Waals surface area (Å²) in [5, 5.41) is 10.7. The third kappa shape index (κ3) is 8.32. The minimum absolute atomic E-state index is 0.168. The van der Waals surface area contributed by atoms with Gasteiger partial charge in [-0.2, -0.15) is 0 Å². The predicted molar refractivity (Wildman–Crippen MR) is 140 cm³/mol. The Morgan fingerprint density at radius 3 is 1.63 bits per heavy atom. The topological polar surface area (TPSA) is 126 Å². The lowest BCUT2D eigenvalue weighted by Crippen LogP contribution is -2.38. The van der Waals surface area contributed by atoms with Crippen molar-refractivity contribution in [1.29, 1.82) is 0 Å². The van der Waals surface area contributed by atoms with E-state index in [-0.39, 0.29) is 24.9 Å². The normalized spacial score (nSPS) is 10.8. The average Bonchev–Trinajstić information content (AvgIpc) is 2.57. The number of rotatable bonds is 6. The first-order valence-corrected chi connectivity index (χ1v) is 12.0. The Morgan fingerprint density at radius 2 is 1.23 bits per heavy atom. The Morgan fingerprint density at radius 1 is 0.800 bits per heavy atom. The van der Waals surface area contributed by atoms with E-state index < -0.39 is 17.6 Å². The number of alkyl carbamates (subject to hydrolysis) is 1. The molecule has 12 heteroatoms. The molecule has 0 aliphatic rings. The van der Waals surface area contributed by atoms with Crippen LogP contribution in [0, 0.1) is 10.7 Å². The monoisotopic (exact) mass is 756 g/mol. The van der Waals surface area contributed by atoms with Gasteiger partial charge in [0.2, 0.25) is 11.8 Å². The van der Waals surface area contributed by atoms with E-state index in [1.165, 1.54) is 13.8 Å².